The third kappa shape index (κ3) is 2.84. The van der Waals surface area contributed by atoms with Crippen molar-refractivity contribution in [1.82, 2.24) is 0 Å². The fraction of sp³-hybridized carbons (Fsp3) is 0.333. The molecule has 1 unspecified atom stereocenters. The van der Waals surface area contributed by atoms with Crippen molar-refractivity contribution < 1.29 is 4.74 Å². The van der Waals surface area contributed by atoms with Gasteiger partial charge in [-0.15, -0.1) is 11.6 Å². The Hall–Kier alpha value is -0.990. The lowest BCUT2D eigenvalue weighted by Gasteiger charge is -2.23. The molecule has 0 bridgehead atoms. The zero-order valence-corrected chi connectivity index (χ0v) is 14.3. The molecule has 3 rings (SSSR count). The molecule has 2 aromatic rings. The number of ether oxygens (including phenoxy) is 1. The quantitative estimate of drug-likeness (QED) is 0.603. The van der Waals surface area contributed by atoms with Crippen molar-refractivity contribution in [3.05, 3.63) is 64.1 Å². The fourth-order valence-electron chi connectivity index (χ4n) is 2.86. The summed E-state index contributed by atoms with van der Waals surface area (Å²) in [7, 11) is 0. The van der Waals surface area contributed by atoms with Crippen LogP contribution in [0, 0.1) is 0 Å². The molecule has 21 heavy (non-hydrogen) atoms. The molecule has 1 saturated carbocycles. The summed E-state index contributed by atoms with van der Waals surface area (Å²) in [6.45, 7) is 2.66. The van der Waals surface area contributed by atoms with Crippen LogP contribution >= 0.6 is 27.5 Å². The molecule has 1 atom stereocenters. The van der Waals surface area contributed by atoms with Gasteiger partial charge >= 0.3 is 0 Å². The van der Waals surface area contributed by atoms with Gasteiger partial charge in [0.25, 0.3) is 0 Å². The highest BCUT2D eigenvalue weighted by molar-refractivity contribution is 9.10. The monoisotopic (exact) mass is 364 g/mol. The van der Waals surface area contributed by atoms with Gasteiger partial charge < -0.3 is 4.74 Å². The van der Waals surface area contributed by atoms with Crippen LogP contribution in [0.2, 0.25) is 0 Å². The van der Waals surface area contributed by atoms with E-state index in [4.69, 9.17) is 16.3 Å². The Morgan fingerprint density at radius 2 is 1.90 bits per heavy atom. The SMILES string of the molecule is CCOc1ccc(C(Cl)C2(c3ccccc3)CC2)c(Br)c1. The molecule has 110 valence electrons. The van der Waals surface area contributed by atoms with Gasteiger partial charge in [0.15, 0.2) is 0 Å². The van der Waals surface area contributed by atoms with E-state index in [2.05, 4.69) is 52.3 Å². The van der Waals surface area contributed by atoms with Crippen molar-refractivity contribution in [1.29, 1.82) is 0 Å². The molecule has 0 heterocycles. The molecule has 1 aliphatic rings. The zero-order valence-electron chi connectivity index (χ0n) is 12.0. The molecule has 0 aliphatic heterocycles. The Morgan fingerprint density at radius 1 is 1.19 bits per heavy atom. The first-order valence-electron chi connectivity index (χ1n) is 7.29. The maximum absolute atomic E-state index is 6.86. The van der Waals surface area contributed by atoms with Gasteiger partial charge in [0, 0.05) is 9.89 Å². The van der Waals surface area contributed by atoms with Crippen LogP contribution in [0.25, 0.3) is 0 Å². The molecule has 1 nitrogen and oxygen atoms in total. The van der Waals surface area contributed by atoms with E-state index in [1.54, 1.807) is 0 Å². The van der Waals surface area contributed by atoms with E-state index in [0.29, 0.717) is 6.61 Å². The third-order valence-corrected chi connectivity index (χ3v) is 5.52. The lowest BCUT2D eigenvalue weighted by atomic mass is 9.88. The minimum atomic E-state index is -0.0232. The maximum Gasteiger partial charge on any atom is 0.120 e. The second kappa shape index (κ2) is 6.02. The highest BCUT2D eigenvalue weighted by atomic mass is 79.9. The standard InChI is InChI=1S/C18H18BrClO/c1-2-21-14-8-9-15(16(19)12-14)17(20)18(10-11-18)13-6-4-3-5-7-13/h3-9,12,17H,2,10-11H2,1H3. The molecule has 0 amide bonds. The Bertz CT molecular complexity index is 622. The number of alkyl halides is 1. The van der Waals surface area contributed by atoms with Gasteiger partial charge in [0.1, 0.15) is 5.75 Å². The lowest BCUT2D eigenvalue weighted by molar-refractivity contribution is 0.340. The molecule has 0 spiro atoms. The summed E-state index contributed by atoms with van der Waals surface area (Å²) in [4.78, 5) is 0. The van der Waals surface area contributed by atoms with Crippen molar-refractivity contribution in [2.24, 2.45) is 0 Å². The van der Waals surface area contributed by atoms with Crippen molar-refractivity contribution >= 4 is 27.5 Å². The van der Waals surface area contributed by atoms with Crippen LogP contribution in [0.4, 0.5) is 0 Å². The van der Waals surface area contributed by atoms with Crippen LogP contribution in [0.3, 0.4) is 0 Å². The van der Waals surface area contributed by atoms with Crippen molar-refractivity contribution in [2.45, 2.75) is 30.6 Å². The average molecular weight is 366 g/mol. The van der Waals surface area contributed by atoms with Gasteiger partial charge in [-0.25, -0.2) is 0 Å². The second-order valence-corrected chi connectivity index (χ2v) is 6.79. The molecule has 3 heteroatoms. The highest BCUT2D eigenvalue weighted by Crippen LogP contribution is 2.60. The molecule has 0 aromatic heterocycles. The van der Waals surface area contributed by atoms with Crippen molar-refractivity contribution in [3.63, 3.8) is 0 Å². The van der Waals surface area contributed by atoms with Crippen molar-refractivity contribution in [2.75, 3.05) is 6.61 Å². The van der Waals surface area contributed by atoms with Crippen LogP contribution in [0.1, 0.15) is 36.3 Å². The third-order valence-electron chi connectivity index (χ3n) is 4.18. The van der Waals surface area contributed by atoms with Gasteiger partial charge in [-0.1, -0.05) is 52.3 Å². The summed E-state index contributed by atoms with van der Waals surface area (Å²) in [6, 6.07) is 16.7. The van der Waals surface area contributed by atoms with Gasteiger partial charge in [0.2, 0.25) is 0 Å². The number of rotatable bonds is 5. The van der Waals surface area contributed by atoms with Crippen LogP contribution in [0.15, 0.2) is 53.0 Å². The first-order valence-corrected chi connectivity index (χ1v) is 8.52. The molecule has 1 aliphatic carbocycles. The van der Waals surface area contributed by atoms with E-state index < -0.39 is 0 Å². The predicted molar refractivity (Wildman–Crippen MR) is 91.3 cm³/mol. The van der Waals surface area contributed by atoms with Crippen molar-refractivity contribution in [3.8, 4) is 5.75 Å². The maximum atomic E-state index is 6.86. The summed E-state index contributed by atoms with van der Waals surface area (Å²) >= 11 is 10.5. The number of benzene rings is 2. The fourth-order valence-corrected chi connectivity index (χ4v) is 4.11. The van der Waals surface area contributed by atoms with E-state index in [-0.39, 0.29) is 10.8 Å². The molecular weight excluding hydrogens is 348 g/mol. The summed E-state index contributed by atoms with van der Waals surface area (Å²) in [6.07, 6.45) is 2.29. The van der Waals surface area contributed by atoms with Gasteiger partial charge in [-0.3, -0.25) is 0 Å². The molecule has 2 aromatic carbocycles. The van der Waals surface area contributed by atoms with Crippen LogP contribution in [-0.2, 0) is 5.41 Å². The Balaban J connectivity index is 1.90. The minimum Gasteiger partial charge on any atom is -0.494 e. The number of hydrogen-bond donors (Lipinski definition) is 0. The highest BCUT2D eigenvalue weighted by Gasteiger charge is 2.50. The predicted octanol–water partition coefficient (Wildman–Crippen LogP) is 5.86. The number of halogens is 2. The Labute approximate surface area is 139 Å². The molecule has 0 N–H and O–H groups in total. The average Bonchev–Trinajstić information content (AvgIpc) is 3.30. The van der Waals surface area contributed by atoms with E-state index in [1.165, 1.54) is 5.56 Å². The van der Waals surface area contributed by atoms with Crippen LogP contribution in [0.5, 0.6) is 5.75 Å². The van der Waals surface area contributed by atoms with Gasteiger partial charge in [-0.2, -0.15) is 0 Å². The lowest BCUT2D eigenvalue weighted by Crippen LogP contribution is -2.14. The zero-order chi connectivity index (χ0) is 14.9. The normalized spacial score (nSPS) is 17.3. The summed E-state index contributed by atoms with van der Waals surface area (Å²) in [5, 5.41) is -0.0232. The van der Waals surface area contributed by atoms with Gasteiger partial charge in [0.05, 0.1) is 12.0 Å². The minimum absolute atomic E-state index is 0.0232. The Morgan fingerprint density at radius 3 is 2.48 bits per heavy atom. The van der Waals surface area contributed by atoms with E-state index >= 15 is 0 Å². The second-order valence-electron chi connectivity index (χ2n) is 5.50. The summed E-state index contributed by atoms with van der Waals surface area (Å²) in [5.41, 5.74) is 2.56. The van der Waals surface area contributed by atoms with E-state index in [0.717, 1.165) is 28.6 Å². The smallest absolute Gasteiger partial charge is 0.120 e. The summed E-state index contributed by atoms with van der Waals surface area (Å²) < 4.78 is 6.56. The molecule has 0 saturated heterocycles. The van der Waals surface area contributed by atoms with E-state index in [9.17, 15) is 0 Å². The van der Waals surface area contributed by atoms with E-state index in [1.807, 2.05) is 19.1 Å². The van der Waals surface area contributed by atoms with Gasteiger partial charge in [-0.05, 0) is 43.0 Å². The first-order chi connectivity index (χ1) is 10.2. The molecule has 1 fully saturated rings. The topological polar surface area (TPSA) is 9.23 Å². The molecule has 0 radical (unpaired) electrons. The largest absolute Gasteiger partial charge is 0.494 e. The van der Waals surface area contributed by atoms with Crippen LogP contribution < -0.4 is 4.74 Å². The molecular formula is C18H18BrClO. The number of hydrogen-bond acceptors (Lipinski definition) is 1. The summed E-state index contributed by atoms with van der Waals surface area (Å²) in [5.74, 6) is 0.876. The first kappa shape index (κ1) is 14.9. The van der Waals surface area contributed by atoms with Crippen LogP contribution in [-0.4, -0.2) is 6.61 Å². The Kier molecular flexibility index (Phi) is 4.28.